The zero-order valence-electron chi connectivity index (χ0n) is 25.6. The van der Waals surface area contributed by atoms with Gasteiger partial charge >= 0.3 is 6.86 Å². The van der Waals surface area contributed by atoms with Crippen LogP contribution in [0.25, 0.3) is 89.7 Å². The Morgan fingerprint density at radius 1 is 0.489 bits per heavy atom. The van der Waals surface area contributed by atoms with Crippen molar-refractivity contribution >= 4 is 73.1 Å². The van der Waals surface area contributed by atoms with Gasteiger partial charge in [0.05, 0.1) is 0 Å². The molecule has 2 aliphatic heterocycles. The Hall–Kier alpha value is -4.96. The van der Waals surface area contributed by atoms with Crippen molar-refractivity contribution < 1.29 is 0 Å². The van der Waals surface area contributed by atoms with Crippen molar-refractivity contribution in [2.45, 2.75) is 25.8 Å². The Balaban J connectivity index is 1.56. The maximum absolute atomic E-state index is 7.54. The highest BCUT2D eigenvalue weighted by atomic mass is 35.7. The zero-order valence-corrected chi connectivity index (χ0v) is 28.1. The SMILES string of the molecule is CC(C)(C)[Si](Cl)(Cl)n1c2nc3nc(nc4[nH]c(nc5nc(nc1c1ccccc12)-c1ccccc1-5)c1ccccc41)-c1ccccc1-3. The molecule has 0 unspecified atom stereocenters. The van der Waals surface area contributed by atoms with Gasteiger partial charge in [0.2, 0.25) is 0 Å². The summed E-state index contributed by atoms with van der Waals surface area (Å²) in [7, 11) is 0. The van der Waals surface area contributed by atoms with E-state index in [1.165, 1.54) is 0 Å². The Bertz CT molecular complexity index is 2460. The van der Waals surface area contributed by atoms with Crippen molar-refractivity contribution in [3.63, 3.8) is 0 Å². The van der Waals surface area contributed by atoms with Gasteiger partial charge in [-0.2, -0.15) is 0 Å². The summed E-state index contributed by atoms with van der Waals surface area (Å²) in [5, 5.41) is 3.09. The lowest BCUT2D eigenvalue weighted by Crippen LogP contribution is -2.41. The molecule has 0 amide bonds. The Labute approximate surface area is 279 Å². The molecule has 0 aliphatic carbocycles. The minimum Gasteiger partial charge on any atom is -0.324 e. The molecule has 0 radical (unpaired) electrons. The van der Waals surface area contributed by atoms with E-state index in [-0.39, 0.29) is 0 Å². The van der Waals surface area contributed by atoms with Crippen LogP contribution in [0, 0.1) is 0 Å². The maximum Gasteiger partial charge on any atom is 0.364 e. The molecule has 8 bridgehead atoms. The second kappa shape index (κ2) is 10.0. The number of nitrogens with zero attached hydrogens (tertiary/aromatic N) is 7. The molecule has 4 aromatic carbocycles. The van der Waals surface area contributed by atoms with E-state index in [0.29, 0.717) is 45.9 Å². The predicted molar refractivity (Wildman–Crippen MR) is 192 cm³/mol. The first-order valence-electron chi connectivity index (χ1n) is 15.3. The third-order valence-corrected chi connectivity index (χ3v) is 16.0. The van der Waals surface area contributed by atoms with Gasteiger partial charge in [0, 0.05) is 48.8 Å². The minimum atomic E-state index is -3.40. The third kappa shape index (κ3) is 4.20. The standard InChI is InChI=1S/C36H26Cl2N8Si/c1-36(2,3)47(37,38)46-34-26-18-10-11-19-27(26)35(46)45-33-25-17-9-7-15-23(25)31(43-33)41-29-21-13-5-4-12-20(21)28(39-29)40-30-22-14-6-8-16-24(22)32(42-30)44-34/h4-19H,1-3H3,(H,39,40,41,42,43,44,45). The van der Waals surface area contributed by atoms with Crippen LogP contribution in [0.1, 0.15) is 20.8 Å². The number of aromatic amines is 1. The summed E-state index contributed by atoms with van der Waals surface area (Å²) in [5.41, 5.74) is 5.99. The summed E-state index contributed by atoms with van der Waals surface area (Å²) in [6.45, 7) is 2.77. The van der Waals surface area contributed by atoms with E-state index in [1.54, 1.807) is 0 Å². The highest BCUT2D eigenvalue weighted by Crippen LogP contribution is 2.47. The van der Waals surface area contributed by atoms with Gasteiger partial charge in [0.25, 0.3) is 0 Å². The zero-order chi connectivity index (χ0) is 32.1. The van der Waals surface area contributed by atoms with Gasteiger partial charge in [-0.15, -0.1) is 22.2 Å². The number of aromatic nitrogens is 8. The summed E-state index contributed by atoms with van der Waals surface area (Å²) >= 11 is 15.1. The molecule has 8 nitrogen and oxygen atoms in total. The summed E-state index contributed by atoms with van der Waals surface area (Å²) in [6.07, 6.45) is 0. The van der Waals surface area contributed by atoms with Gasteiger partial charge in [-0.05, 0) is 0 Å². The van der Waals surface area contributed by atoms with Gasteiger partial charge in [-0.3, -0.25) is 0 Å². The largest absolute Gasteiger partial charge is 0.364 e. The van der Waals surface area contributed by atoms with Crippen molar-refractivity contribution in [1.29, 1.82) is 0 Å². The van der Waals surface area contributed by atoms with E-state index in [4.69, 9.17) is 52.1 Å². The van der Waals surface area contributed by atoms with Gasteiger partial charge in [0.15, 0.2) is 23.3 Å². The fourth-order valence-electron chi connectivity index (χ4n) is 6.30. The lowest BCUT2D eigenvalue weighted by Gasteiger charge is -2.32. The van der Waals surface area contributed by atoms with Crippen LogP contribution in [0.2, 0.25) is 5.04 Å². The van der Waals surface area contributed by atoms with Crippen molar-refractivity contribution in [1.82, 2.24) is 39.1 Å². The monoisotopic (exact) mass is 668 g/mol. The van der Waals surface area contributed by atoms with E-state index in [0.717, 1.165) is 43.8 Å². The van der Waals surface area contributed by atoms with Gasteiger partial charge < -0.3 is 9.22 Å². The number of halogens is 2. The topological polar surface area (TPSA) is 98.1 Å². The molecule has 228 valence electrons. The highest BCUT2D eigenvalue weighted by Gasteiger charge is 2.47. The van der Waals surface area contributed by atoms with Gasteiger partial charge in [-0.1, -0.05) is 118 Å². The fraction of sp³-hybridized carbons (Fsp3) is 0.111. The molecule has 0 atom stereocenters. The second-order valence-corrected chi connectivity index (χ2v) is 19.6. The summed E-state index contributed by atoms with van der Waals surface area (Å²) in [5.74, 6) is 2.14. The van der Waals surface area contributed by atoms with Crippen LogP contribution in [-0.2, 0) is 0 Å². The molecular formula is C36H26Cl2N8Si. The van der Waals surface area contributed by atoms with Crippen LogP contribution < -0.4 is 0 Å². The van der Waals surface area contributed by atoms with Crippen LogP contribution in [0.5, 0.6) is 0 Å². The quantitative estimate of drug-likeness (QED) is 0.138. The van der Waals surface area contributed by atoms with E-state index in [1.807, 2.05) is 101 Å². The average Bonchev–Trinajstić information content (AvgIpc) is 3.79. The molecule has 3 aromatic heterocycles. The summed E-state index contributed by atoms with van der Waals surface area (Å²) in [4.78, 5) is 34.3. The predicted octanol–water partition coefficient (Wildman–Crippen LogP) is 9.41. The van der Waals surface area contributed by atoms with Crippen LogP contribution in [-0.4, -0.2) is 46.0 Å². The molecule has 1 N–H and O–H groups in total. The van der Waals surface area contributed by atoms with Crippen molar-refractivity contribution in [3.8, 4) is 45.6 Å². The number of hydrogen-bond acceptors (Lipinski definition) is 6. The molecule has 9 rings (SSSR count). The van der Waals surface area contributed by atoms with E-state index < -0.39 is 11.9 Å². The number of fused-ring (bicyclic) bond motifs is 20. The number of H-pyrrole nitrogens is 1. The lowest BCUT2D eigenvalue weighted by molar-refractivity contribution is 0.730. The van der Waals surface area contributed by atoms with Crippen LogP contribution in [0.3, 0.4) is 0 Å². The molecule has 7 aromatic rings. The molecule has 0 saturated carbocycles. The van der Waals surface area contributed by atoms with Crippen LogP contribution >= 0.6 is 22.2 Å². The minimum absolute atomic E-state index is 0.492. The number of benzene rings is 4. The van der Waals surface area contributed by atoms with Crippen LogP contribution in [0.15, 0.2) is 97.1 Å². The molecule has 2 aliphatic rings. The molecule has 0 fully saturated rings. The fourth-order valence-corrected chi connectivity index (χ4v) is 8.80. The van der Waals surface area contributed by atoms with Crippen LogP contribution in [0.4, 0.5) is 0 Å². The number of nitrogens with one attached hydrogen (secondary N) is 1. The summed E-state index contributed by atoms with van der Waals surface area (Å²) < 4.78 is 1.96. The maximum atomic E-state index is 7.54. The normalized spacial score (nSPS) is 12.8. The molecule has 5 heterocycles. The third-order valence-electron chi connectivity index (χ3n) is 8.79. The second-order valence-electron chi connectivity index (χ2n) is 12.7. The van der Waals surface area contributed by atoms with Crippen molar-refractivity contribution in [2.75, 3.05) is 0 Å². The first kappa shape index (κ1) is 28.3. The Morgan fingerprint density at radius 3 is 1.21 bits per heavy atom. The first-order valence-corrected chi connectivity index (χ1v) is 19.3. The first-order chi connectivity index (χ1) is 22.7. The Kier molecular flexibility index (Phi) is 6.03. The molecule has 0 spiro atoms. The lowest BCUT2D eigenvalue weighted by atomic mass is 10.1. The molecule has 11 heteroatoms. The Morgan fingerprint density at radius 2 is 0.830 bits per heavy atom. The summed E-state index contributed by atoms with van der Waals surface area (Å²) in [6, 6.07) is 32.1. The number of hydrogen-bond donors (Lipinski definition) is 1. The van der Waals surface area contributed by atoms with E-state index in [9.17, 15) is 0 Å². The van der Waals surface area contributed by atoms with Crippen molar-refractivity contribution in [2.24, 2.45) is 0 Å². The van der Waals surface area contributed by atoms with Crippen molar-refractivity contribution in [3.05, 3.63) is 97.1 Å². The average molecular weight is 670 g/mol. The van der Waals surface area contributed by atoms with E-state index in [2.05, 4.69) is 25.8 Å². The highest BCUT2D eigenvalue weighted by molar-refractivity contribution is 7.46. The van der Waals surface area contributed by atoms with Gasteiger partial charge in [0.1, 0.15) is 22.6 Å². The molecular weight excluding hydrogens is 643 g/mol. The smallest absolute Gasteiger partial charge is 0.324 e. The number of rotatable bonds is 1. The molecule has 0 saturated heterocycles. The van der Waals surface area contributed by atoms with Gasteiger partial charge in [-0.25, -0.2) is 29.9 Å². The van der Waals surface area contributed by atoms with E-state index >= 15 is 0 Å². The molecule has 47 heavy (non-hydrogen) atoms.